The first kappa shape index (κ1) is 16.5. The monoisotopic (exact) mass is 307 g/mol. The SMILES string of the molecule is CCCC(=O)N(CC(=O)Nc1cc(C)on1)C1CCCCC1. The maximum absolute atomic E-state index is 12.3. The number of aryl methyl sites for hydroxylation is 1. The molecule has 1 N–H and O–H groups in total. The lowest BCUT2D eigenvalue weighted by Gasteiger charge is -2.34. The molecule has 2 rings (SSSR count). The zero-order chi connectivity index (χ0) is 15.9. The van der Waals surface area contributed by atoms with Crippen molar-refractivity contribution in [2.45, 2.75) is 64.8 Å². The van der Waals surface area contributed by atoms with Crippen molar-refractivity contribution >= 4 is 17.6 Å². The number of rotatable bonds is 6. The molecular weight excluding hydrogens is 282 g/mol. The number of anilines is 1. The Balaban J connectivity index is 1.98. The molecule has 1 aromatic rings. The van der Waals surface area contributed by atoms with E-state index in [2.05, 4.69) is 10.5 Å². The van der Waals surface area contributed by atoms with E-state index >= 15 is 0 Å². The van der Waals surface area contributed by atoms with Gasteiger partial charge in [-0.2, -0.15) is 0 Å². The first-order chi connectivity index (χ1) is 10.6. The molecular formula is C16H25N3O3. The van der Waals surface area contributed by atoms with Crippen molar-refractivity contribution in [1.82, 2.24) is 10.1 Å². The molecule has 0 atom stereocenters. The van der Waals surface area contributed by atoms with Gasteiger partial charge in [-0.05, 0) is 26.2 Å². The number of nitrogens with zero attached hydrogens (tertiary/aromatic N) is 2. The van der Waals surface area contributed by atoms with Gasteiger partial charge in [0.1, 0.15) is 12.3 Å². The van der Waals surface area contributed by atoms with Gasteiger partial charge < -0.3 is 14.7 Å². The molecule has 122 valence electrons. The Bertz CT molecular complexity index is 506. The van der Waals surface area contributed by atoms with E-state index in [9.17, 15) is 9.59 Å². The minimum absolute atomic E-state index is 0.0703. The first-order valence-corrected chi connectivity index (χ1v) is 8.12. The van der Waals surface area contributed by atoms with Crippen molar-refractivity contribution < 1.29 is 14.1 Å². The summed E-state index contributed by atoms with van der Waals surface area (Å²) in [6, 6.07) is 1.86. The van der Waals surface area contributed by atoms with Crippen molar-refractivity contribution in [3.05, 3.63) is 11.8 Å². The zero-order valence-corrected chi connectivity index (χ0v) is 13.4. The Labute approximate surface area is 131 Å². The van der Waals surface area contributed by atoms with Crippen LogP contribution in [0.2, 0.25) is 0 Å². The summed E-state index contributed by atoms with van der Waals surface area (Å²) in [5.41, 5.74) is 0. The van der Waals surface area contributed by atoms with E-state index in [0.29, 0.717) is 18.0 Å². The minimum atomic E-state index is -0.219. The summed E-state index contributed by atoms with van der Waals surface area (Å²) in [6.45, 7) is 3.84. The smallest absolute Gasteiger partial charge is 0.245 e. The quantitative estimate of drug-likeness (QED) is 0.877. The molecule has 2 amide bonds. The summed E-state index contributed by atoms with van der Waals surface area (Å²) in [6.07, 6.45) is 6.75. The van der Waals surface area contributed by atoms with E-state index in [0.717, 1.165) is 32.1 Å². The van der Waals surface area contributed by atoms with Crippen LogP contribution in [0, 0.1) is 6.92 Å². The van der Waals surface area contributed by atoms with Gasteiger partial charge in [-0.1, -0.05) is 31.3 Å². The average Bonchev–Trinajstić information content (AvgIpc) is 2.91. The van der Waals surface area contributed by atoms with Gasteiger partial charge in [0, 0.05) is 18.5 Å². The molecule has 1 aromatic heterocycles. The third kappa shape index (κ3) is 4.58. The van der Waals surface area contributed by atoms with Gasteiger partial charge in [0.25, 0.3) is 0 Å². The highest BCUT2D eigenvalue weighted by Gasteiger charge is 2.26. The van der Waals surface area contributed by atoms with E-state index < -0.39 is 0 Å². The van der Waals surface area contributed by atoms with E-state index in [1.165, 1.54) is 6.42 Å². The van der Waals surface area contributed by atoms with E-state index in [1.54, 1.807) is 17.9 Å². The first-order valence-electron chi connectivity index (χ1n) is 8.12. The number of nitrogens with one attached hydrogen (secondary N) is 1. The van der Waals surface area contributed by atoms with Crippen molar-refractivity contribution in [3.8, 4) is 0 Å². The number of carbonyl (C=O) groups excluding carboxylic acids is 2. The number of carbonyl (C=O) groups is 2. The average molecular weight is 307 g/mol. The minimum Gasteiger partial charge on any atom is -0.360 e. The molecule has 0 saturated heterocycles. The molecule has 0 spiro atoms. The summed E-state index contributed by atoms with van der Waals surface area (Å²) >= 11 is 0. The van der Waals surface area contributed by atoms with Crippen LogP contribution < -0.4 is 5.32 Å². The lowest BCUT2D eigenvalue weighted by molar-refractivity contribution is -0.137. The van der Waals surface area contributed by atoms with Gasteiger partial charge >= 0.3 is 0 Å². The fourth-order valence-electron chi connectivity index (χ4n) is 2.93. The molecule has 0 unspecified atom stereocenters. The van der Waals surface area contributed by atoms with Crippen LogP contribution in [-0.2, 0) is 9.59 Å². The summed E-state index contributed by atoms with van der Waals surface area (Å²) < 4.78 is 4.93. The van der Waals surface area contributed by atoms with E-state index in [4.69, 9.17) is 4.52 Å². The fraction of sp³-hybridized carbons (Fsp3) is 0.688. The Hall–Kier alpha value is -1.85. The fourth-order valence-corrected chi connectivity index (χ4v) is 2.93. The highest BCUT2D eigenvalue weighted by Crippen LogP contribution is 2.23. The molecule has 22 heavy (non-hydrogen) atoms. The Morgan fingerprint density at radius 3 is 2.68 bits per heavy atom. The summed E-state index contributed by atoms with van der Waals surface area (Å²) in [5, 5.41) is 6.44. The van der Waals surface area contributed by atoms with Gasteiger partial charge in [0.15, 0.2) is 5.82 Å². The van der Waals surface area contributed by atoms with Crippen LogP contribution >= 0.6 is 0 Å². The van der Waals surface area contributed by atoms with Crippen LogP contribution in [0.25, 0.3) is 0 Å². The molecule has 1 fully saturated rings. The van der Waals surface area contributed by atoms with Crippen LogP contribution in [0.1, 0.15) is 57.6 Å². The molecule has 0 radical (unpaired) electrons. The maximum atomic E-state index is 12.3. The number of hydrogen-bond acceptors (Lipinski definition) is 4. The highest BCUT2D eigenvalue weighted by atomic mass is 16.5. The lowest BCUT2D eigenvalue weighted by atomic mass is 9.94. The predicted molar refractivity (Wildman–Crippen MR) is 83.4 cm³/mol. The van der Waals surface area contributed by atoms with E-state index in [-0.39, 0.29) is 24.4 Å². The lowest BCUT2D eigenvalue weighted by Crippen LogP contribution is -2.45. The third-order valence-corrected chi connectivity index (χ3v) is 4.01. The largest absolute Gasteiger partial charge is 0.360 e. The van der Waals surface area contributed by atoms with Crippen LogP contribution in [0.3, 0.4) is 0 Å². The van der Waals surface area contributed by atoms with Crippen LogP contribution in [-0.4, -0.2) is 34.5 Å². The predicted octanol–water partition coefficient (Wildman–Crippen LogP) is 2.88. The Kier molecular flexibility index (Phi) is 5.98. The van der Waals surface area contributed by atoms with Gasteiger partial charge in [0.2, 0.25) is 11.8 Å². The Morgan fingerprint density at radius 2 is 2.09 bits per heavy atom. The highest BCUT2D eigenvalue weighted by molar-refractivity contribution is 5.93. The van der Waals surface area contributed by atoms with Crippen LogP contribution in [0.4, 0.5) is 5.82 Å². The zero-order valence-electron chi connectivity index (χ0n) is 13.4. The molecule has 0 aromatic carbocycles. The van der Waals surface area contributed by atoms with Crippen molar-refractivity contribution in [2.75, 3.05) is 11.9 Å². The molecule has 1 aliphatic carbocycles. The number of hydrogen-bond donors (Lipinski definition) is 1. The van der Waals surface area contributed by atoms with Gasteiger partial charge in [-0.3, -0.25) is 9.59 Å². The van der Waals surface area contributed by atoms with Crippen molar-refractivity contribution in [2.24, 2.45) is 0 Å². The maximum Gasteiger partial charge on any atom is 0.245 e. The number of amides is 2. The second-order valence-corrected chi connectivity index (χ2v) is 5.93. The summed E-state index contributed by atoms with van der Waals surface area (Å²) in [4.78, 5) is 26.3. The van der Waals surface area contributed by atoms with Crippen LogP contribution in [0.15, 0.2) is 10.6 Å². The van der Waals surface area contributed by atoms with Gasteiger partial charge in [0.05, 0.1) is 0 Å². The summed E-state index contributed by atoms with van der Waals surface area (Å²) in [5.74, 6) is 0.889. The van der Waals surface area contributed by atoms with E-state index in [1.807, 2.05) is 6.92 Å². The molecule has 1 heterocycles. The number of aromatic nitrogens is 1. The van der Waals surface area contributed by atoms with Crippen LogP contribution in [0.5, 0.6) is 0 Å². The standard InChI is InChI=1S/C16H25N3O3/c1-3-7-16(21)19(13-8-5-4-6-9-13)11-15(20)17-14-10-12(2)22-18-14/h10,13H,3-9,11H2,1-2H3,(H,17,18,20). The Morgan fingerprint density at radius 1 is 1.36 bits per heavy atom. The second-order valence-electron chi connectivity index (χ2n) is 5.93. The normalized spacial score (nSPS) is 15.5. The molecule has 6 nitrogen and oxygen atoms in total. The molecule has 1 saturated carbocycles. The molecule has 6 heteroatoms. The molecule has 0 bridgehead atoms. The molecule has 0 aliphatic heterocycles. The third-order valence-electron chi connectivity index (χ3n) is 4.01. The summed E-state index contributed by atoms with van der Waals surface area (Å²) in [7, 11) is 0. The second kappa shape index (κ2) is 7.96. The topological polar surface area (TPSA) is 75.4 Å². The van der Waals surface area contributed by atoms with Crippen molar-refractivity contribution in [1.29, 1.82) is 0 Å². The van der Waals surface area contributed by atoms with Gasteiger partial charge in [-0.15, -0.1) is 0 Å². The van der Waals surface area contributed by atoms with Gasteiger partial charge in [-0.25, -0.2) is 0 Å². The van der Waals surface area contributed by atoms with Crippen molar-refractivity contribution in [3.63, 3.8) is 0 Å². The molecule has 1 aliphatic rings.